The van der Waals surface area contributed by atoms with Crippen LogP contribution in [0.1, 0.15) is 23.7 Å². The summed E-state index contributed by atoms with van der Waals surface area (Å²) in [5.74, 6) is -1.17. The Morgan fingerprint density at radius 1 is 1.47 bits per heavy atom. The quantitative estimate of drug-likeness (QED) is 0.802. The number of carboxylic acid groups (broad SMARTS) is 1. The summed E-state index contributed by atoms with van der Waals surface area (Å²) in [5.41, 5.74) is -1.04. The molecule has 1 aliphatic rings. The van der Waals surface area contributed by atoms with Crippen molar-refractivity contribution in [1.29, 1.82) is 0 Å². The maximum atomic E-state index is 12.1. The minimum Gasteiger partial charge on any atom is -0.478 e. The maximum absolute atomic E-state index is 12.1. The number of pyridine rings is 1. The van der Waals surface area contributed by atoms with Gasteiger partial charge in [0.15, 0.2) is 5.03 Å². The van der Waals surface area contributed by atoms with E-state index in [-0.39, 0.29) is 23.7 Å². The van der Waals surface area contributed by atoms with E-state index < -0.39 is 21.6 Å². The second-order valence-corrected chi connectivity index (χ2v) is 6.43. The summed E-state index contributed by atoms with van der Waals surface area (Å²) >= 11 is 0. The van der Waals surface area contributed by atoms with Gasteiger partial charge in [0.2, 0.25) is 0 Å². The molecule has 0 amide bonds. The Morgan fingerprint density at radius 3 is 2.53 bits per heavy atom. The van der Waals surface area contributed by atoms with Crippen molar-refractivity contribution in [3.05, 3.63) is 23.9 Å². The topological polar surface area (TPSA) is 108 Å². The zero-order valence-electron chi connectivity index (χ0n) is 10.3. The van der Waals surface area contributed by atoms with Crippen molar-refractivity contribution >= 4 is 16.0 Å². The Hall–Kier alpha value is -1.51. The number of hydrogen-bond acceptors (Lipinski definition) is 5. The van der Waals surface area contributed by atoms with Gasteiger partial charge in [-0.25, -0.2) is 18.2 Å². The number of aromatic nitrogens is 1. The molecule has 0 spiro atoms. The molecule has 1 aliphatic heterocycles. The number of rotatable bonds is 4. The Morgan fingerprint density at radius 2 is 2.11 bits per heavy atom. The predicted octanol–water partition coefficient (Wildman–Crippen LogP) is -0.0748. The molecule has 2 N–H and O–H groups in total. The van der Waals surface area contributed by atoms with Crippen LogP contribution in [-0.4, -0.2) is 52.6 Å². The van der Waals surface area contributed by atoms with Gasteiger partial charge in [0, 0.05) is 19.3 Å². The first-order valence-corrected chi connectivity index (χ1v) is 7.14. The number of aromatic carboxylic acids is 1. The lowest BCUT2D eigenvalue weighted by atomic mass is 9.94. The number of β-amino-alcohol motifs (C(OH)–C–C–N with tert-alkyl or cyclic N) is 1. The number of hydrogen-bond donors (Lipinski definition) is 2. The van der Waals surface area contributed by atoms with E-state index >= 15 is 0 Å². The Labute approximate surface area is 110 Å². The molecule has 1 aromatic heterocycles. The van der Waals surface area contributed by atoms with Gasteiger partial charge in [-0.1, -0.05) is 6.92 Å². The second-order valence-electron chi connectivity index (χ2n) is 4.54. The average molecular weight is 286 g/mol. The van der Waals surface area contributed by atoms with Crippen LogP contribution in [0, 0.1) is 0 Å². The Kier molecular flexibility index (Phi) is 3.33. The normalized spacial score (nSPS) is 18.8. The number of nitrogens with zero attached hydrogens (tertiary/aromatic N) is 2. The first-order chi connectivity index (χ1) is 8.78. The van der Waals surface area contributed by atoms with Crippen molar-refractivity contribution < 1.29 is 23.4 Å². The molecule has 104 valence electrons. The number of carboxylic acids is 1. The monoisotopic (exact) mass is 286 g/mol. The fourth-order valence-corrected chi connectivity index (χ4v) is 3.31. The largest absolute Gasteiger partial charge is 0.478 e. The molecule has 1 aromatic rings. The van der Waals surface area contributed by atoms with Crippen LogP contribution >= 0.6 is 0 Å². The van der Waals surface area contributed by atoms with Crippen LogP contribution < -0.4 is 0 Å². The van der Waals surface area contributed by atoms with Crippen LogP contribution in [-0.2, 0) is 10.0 Å². The molecular weight excluding hydrogens is 272 g/mol. The Bertz CT molecular complexity index is 590. The third-order valence-electron chi connectivity index (χ3n) is 3.19. The van der Waals surface area contributed by atoms with Gasteiger partial charge < -0.3 is 10.2 Å². The van der Waals surface area contributed by atoms with Gasteiger partial charge in [0.1, 0.15) is 0 Å². The van der Waals surface area contributed by atoms with Crippen molar-refractivity contribution in [1.82, 2.24) is 9.29 Å². The molecule has 0 saturated carbocycles. The van der Waals surface area contributed by atoms with Crippen molar-refractivity contribution in [3.63, 3.8) is 0 Å². The highest BCUT2D eigenvalue weighted by molar-refractivity contribution is 7.89. The lowest BCUT2D eigenvalue weighted by molar-refractivity contribution is -0.0614. The first kappa shape index (κ1) is 13.9. The summed E-state index contributed by atoms with van der Waals surface area (Å²) < 4.78 is 25.3. The van der Waals surface area contributed by atoms with Crippen LogP contribution in [0.5, 0.6) is 0 Å². The van der Waals surface area contributed by atoms with Crippen molar-refractivity contribution in [2.24, 2.45) is 0 Å². The minimum atomic E-state index is -3.76. The SMILES string of the molecule is CCC1(O)CN(S(=O)(=O)c2ccc(C(=O)O)cn2)C1. The zero-order valence-corrected chi connectivity index (χ0v) is 11.1. The highest BCUT2D eigenvalue weighted by atomic mass is 32.2. The molecular formula is C11H14N2O5S. The van der Waals surface area contributed by atoms with Crippen molar-refractivity contribution in [2.75, 3.05) is 13.1 Å². The van der Waals surface area contributed by atoms with E-state index in [1.54, 1.807) is 6.92 Å². The smallest absolute Gasteiger partial charge is 0.337 e. The first-order valence-electron chi connectivity index (χ1n) is 5.70. The van der Waals surface area contributed by atoms with Crippen LogP contribution in [0.15, 0.2) is 23.4 Å². The molecule has 7 nitrogen and oxygen atoms in total. The van der Waals surface area contributed by atoms with Gasteiger partial charge >= 0.3 is 5.97 Å². The van der Waals surface area contributed by atoms with E-state index in [1.165, 1.54) is 6.07 Å². The van der Waals surface area contributed by atoms with Crippen molar-refractivity contribution in [2.45, 2.75) is 24.0 Å². The van der Waals surface area contributed by atoms with Crippen LogP contribution in [0.4, 0.5) is 0 Å². The highest BCUT2D eigenvalue weighted by Crippen LogP contribution is 2.29. The average Bonchev–Trinajstić information content (AvgIpc) is 2.35. The highest BCUT2D eigenvalue weighted by Gasteiger charge is 2.46. The maximum Gasteiger partial charge on any atom is 0.337 e. The van der Waals surface area contributed by atoms with Crippen LogP contribution in [0.25, 0.3) is 0 Å². The molecule has 0 bridgehead atoms. The third kappa shape index (κ3) is 2.46. The molecule has 8 heteroatoms. The van der Waals surface area contributed by atoms with Crippen LogP contribution in [0.3, 0.4) is 0 Å². The van der Waals surface area contributed by atoms with E-state index in [1.807, 2.05) is 0 Å². The zero-order chi connectivity index (χ0) is 14.3. The number of sulfonamides is 1. The molecule has 19 heavy (non-hydrogen) atoms. The van der Waals surface area contributed by atoms with Gasteiger partial charge in [-0.2, -0.15) is 4.31 Å². The summed E-state index contributed by atoms with van der Waals surface area (Å²) in [6.45, 7) is 1.85. The lowest BCUT2D eigenvalue weighted by Gasteiger charge is -2.44. The summed E-state index contributed by atoms with van der Waals surface area (Å²) in [7, 11) is -3.76. The summed E-state index contributed by atoms with van der Waals surface area (Å²) in [6, 6.07) is 2.34. The molecule has 0 aromatic carbocycles. The van der Waals surface area contributed by atoms with E-state index in [9.17, 15) is 18.3 Å². The van der Waals surface area contributed by atoms with E-state index in [4.69, 9.17) is 5.11 Å². The number of carbonyl (C=O) groups is 1. The van der Waals surface area contributed by atoms with Gasteiger partial charge in [0.05, 0.1) is 11.2 Å². The van der Waals surface area contributed by atoms with Gasteiger partial charge in [-0.15, -0.1) is 0 Å². The minimum absolute atomic E-state index is 0.0359. The molecule has 2 rings (SSSR count). The molecule has 2 heterocycles. The fraction of sp³-hybridized carbons (Fsp3) is 0.455. The molecule has 1 fully saturated rings. The second kappa shape index (κ2) is 4.55. The number of aliphatic hydroxyl groups is 1. The van der Waals surface area contributed by atoms with E-state index in [0.29, 0.717) is 6.42 Å². The van der Waals surface area contributed by atoms with E-state index in [2.05, 4.69) is 4.98 Å². The Balaban J connectivity index is 2.20. The lowest BCUT2D eigenvalue weighted by Crippen LogP contribution is -2.62. The van der Waals surface area contributed by atoms with Crippen molar-refractivity contribution in [3.8, 4) is 0 Å². The molecule has 0 atom stereocenters. The van der Waals surface area contributed by atoms with E-state index in [0.717, 1.165) is 16.6 Å². The third-order valence-corrected chi connectivity index (χ3v) is 4.90. The van der Waals surface area contributed by atoms with Crippen LogP contribution in [0.2, 0.25) is 0 Å². The standard InChI is InChI=1S/C11H14N2O5S/c1-2-11(16)6-13(7-11)19(17,18)9-4-3-8(5-12-9)10(14)15/h3-5,16H,2,6-7H2,1H3,(H,14,15). The van der Waals surface area contributed by atoms with Gasteiger partial charge in [-0.05, 0) is 18.6 Å². The molecule has 0 radical (unpaired) electrons. The fourth-order valence-electron chi connectivity index (χ4n) is 1.80. The summed E-state index contributed by atoms with van der Waals surface area (Å²) in [4.78, 5) is 14.3. The van der Waals surface area contributed by atoms with Gasteiger partial charge in [0.25, 0.3) is 10.0 Å². The molecule has 1 saturated heterocycles. The molecule has 0 aliphatic carbocycles. The molecule has 0 unspecified atom stereocenters. The summed E-state index contributed by atoms with van der Waals surface area (Å²) in [6.07, 6.45) is 1.48. The summed E-state index contributed by atoms with van der Waals surface area (Å²) in [5, 5.41) is 18.3. The predicted molar refractivity (Wildman–Crippen MR) is 65.2 cm³/mol. The van der Waals surface area contributed by atoms with Gasteiger partial charge in [-0.3, -0.25) is 0 Å².